The van der Waals surface area contributed by atoms with Crippen LogP contribution in [0.1, 0.15) is 82.4 Å². The Labute approximate surface area is 182 Å². The molecule has 0 bridgehead atoms. The molecule has 0 aliphatic heterocycles. The van der Waals surface area contributed by atoms with E-state index in [2.05, 4.69) is 43.4 Å². The van der Waals surface area contributed by atoms with Gasteiger partial charge in [-0.25, -0.2) is 0 Å². The van der Waals surface area contributed by atoms with Gasteiger partial charge in [0, 0.05) is 16.9 Å². The normalized spacial score (nSPS) is 14.4. The van der Waals surface area contributed by atoms with Gasteiger partial charge in [0.15, 0.2) is 0 Å². The molecule has 162 valence electrons. The molecule has 0 radical (unpaired) electrons. The van der Waals surface area contributed by atoms with E-state index in [1.165, 1.54) is 57.1 Å². The first-order valence-corrected chi connectivity index (χ1v) is 11.6. The number of nitrogens with two attached hydrogens (primary N) is 1. The van der Waals surface area contributed by atoms with Gasteiger partial charge in [-0.15, -0.1) is 0 Å². The molecule has 2 aromatic carbocycles. The molecule has 3 nitrogen and oxygen atoms in total. The van der Waals surface area contributed by atoms with E-state index in [0.717, 1.165) is 28.5 Å². The molecule has 3 rings (SSSR count). The summed E-state index contributed by atoms with van der Waals surface area (Å²) in [4.78, 5) is 0. The van der Waals surface area contributed by atoms with Crippen molar-refractivity contribution in [2.45, 2.75) is 71.3 Å². The number of para-hydroxylation sites is 1. The molecule has 1 aliphatic rings. The van der Waals surface area contributed by atoms with Crippen LogP contribution in [-0.4, -0.2) is 7.11 Å². The van der Waals surface area contributed by atoms with Crippen molar-refractivity contribution in [3.8, 4) is 5.75 Å². The Hall–Kier alpha value is -2.26. The Morgan fingerprint density at radius 2 is 1.77 bits per heavy atom. The Morgan fingerprint density at radius 1 is 1.03 bits per heavy atom. The number of allylic oxidation sites excluding steroid dienone is 2. The molecule has 30 heavy (non-hydrogen) atoms. The number of methoxy groups -OCH3 is 1. The van der Waals surface area contributed by atoms with Crippen LogP contribution >= 0.6 is 0 Å². The lowest BCUT2D eigenvalue weighted by Gasteiger charge is -2.27. The van der Waals surface area contributed by atoms with Crippen LogP contribution in [0.15, 0.2) is 59.8 Å². The zero-order valence-electron chi connectivity index (χ0n) is 18.9. The van der Waals surface area contributed by atoms with E-state index >= 15 is 0 Å². The number of anilines is 1. The van der Waals surface area contributed by atoms with Gasteiger partial charge in [-0.1, -0.05) is 75.4 Å². The summed E-state index contributed by atoms with van der Waals surface area (Å²) in [6.45, 7) is 4.60. The van der Waals surface area contributed by atoms with Crippen molar-refractivity contribution in [3.63, 3.8) is 0 Å². The van der Waals surface area contributed by atoms with Crippen molar-refractivity contribution in [1.82, 2.24) is 0 Å². The largest absolute Gasteiger partial charge is 0.496 e. The minimum absolute atomic E-state index is 0.212. The highest BCUT2D eigenvalue weighted by molar-refractivity contribution is 5.54. The third-order valence-electron chi connectivity index (χ3n) is 6.29. The van der Waals surface area contributed by atoms with E-state index in [4.69, 9.17) is 10.5 Å². The molecule has 3 N–H and O–H groups in total. The summed E-state index contributed by atoms with van der Waals surface area (Å²) >= 11 is 0. The average molecular weight is 407 g/mol. The van der Waals surface area contributed by atoms with E-state index in [-0.39, 0.29) is 6.04 Å². The minimum atomic E-state index is -0.212. The number of rotatable bonds is 11. The first-order chi connectivity index (χ1) is 14.7. The van der Waals surface area contributed by atoms with Crippen molar-refractivity contribution >= 4 is 5.69 Å². The minimum Gasteiger partial charge on any atom is -0.496 e. The summed E-state index contributed by atoms with van der Waals surface area (Å²) in [5.74, 6) is 1.61. The van der Waals surface area contributed by atoms with Gasteiger partial charge in [-0.05, 0) is 55.4 Å². The molecule has 1 saturated carbocycles. The second kappa shape index (κ2) is 11.2. The molecule has 1 atom stereocenters. The van der Waals surface area contributed by atoms with Gasteiger partial charge >= 0.3 is 0 Å². The number of nitrogens with one attached hydrogen (secondary N) is 1. The van der Waals surface area contributed by atoms with E-state index in [1.54, 1.807) is 12.7 Å². The summed E-state index contributed by atoms with van der Waals surface area (Å²) in [6.07, 6.45) is 10.1. The molecule has 0 aromatic heterocycles. The molecule has 0 heterocycles. The van der Waals surface area contributed by atoms with Crippen LogP contribution < -0.4 is 15.8 Å². The fourth-order valence-corrected chi connectivity index (χ4v) is 4.48. The SMILES string of the molecule is CCCC(CCC)CC(Nc1cccc(C(N)c2ccccc2OC)c1)=C1CCC1. The van der Waals surface area contributed by atoms with E-state index in [9.17, 15) is 0 Å². The third kappa shape index (κ3) is 5.66. The number of benzene rings is 2. The van der Waals surface area contributed by atoms with E-state index < -0.39 is 0 Å². The van der Waals surface area contributed by atoms with Crippen LogP contribution in [0, 0.1) is 5.92 Å². The molecule has 0 amide bonds. The second-order valence-electron chi connectivity index (χ2n) is 8.55. The monoisotopic (exact) mass is 406 g/mol. The highest BCUT2D eigenvalue weighted by atomic mass is 16.5. The predicted octanol–water partition coefficient (Wildman–Crippen LogP) is 7.20. The van der Waals surface area contributed by atoms with Gasteiger partial charge in [0.05, 0.1) is 13.2 Å². The summed E-state index contributed by atoms with van der Waals surface area (Å²) in [6, 6.07) is 16.4. The Bertz CT molecular complexity index is 830. The summed E-state index contributed by atoms with van der Waals surface area (Å²) in [7, 11) is 1.70. The number of hydrogen-bond acceptors (Lipinski definition) is 3. The molecular weight excluding hydrogens is 368 g/mol. The highest BCUT2D eigenvalue weighted by Crippen LogP contribution is 2.35. The number of hydrogen-bond donors (Lipinski definition) is 2. The van der Waals surface area contributed by atoms with Crippen LogP contribution in [0.25, 0.3) is 0 Å². The van der Waals surface area contributed by atoms with Gasteiger partial charge in [0.2, 0.25) is 0 Å². The standard InChI is InChI=1S/C27H38N2O/c1-4-10-20(11-5-2)18-25(21-12-8-13-21)29-23-15-9-14-22(19-23)27(28)24-16-6-7-17-26(24)30-3/h6-7,9,14-17,19-20,27,29H,4-5,8,10-13,18,28H2,1-3H3. The zero-order chi connectivity index (χ0) is 21.3. The Balaban J connectivity index is 1.80. The van der Waals surface area contributed by atoms with Crippen LogP contribution in [0.3, 0.4) is 0 Å². The van der Waals surface area contributed by atoms with Crippen molar-refractivity contribution in [2.24, 2.45) is 11.7 Å². The third-order valence-corrected chi connectivity index (χ3v) is 6.29. The molecule has 2 aromatic rings. The highest BCUT2D eigenvalue weighted by Gasteiger charge is 2.19. The van der Waals surface area contributed by atoms with Crippen LogP contribution in [0.5, 0.6) is 5.75 Å². The van der Waals surface area contributed by atoms with Crippen molar-refractivity contribution in [1.29, 1.82) is 0 Å². The predicted molar refractivity (Wildman–Crippen MR) is 128 cm³/mol. The van der Waals surface area contributed by atoms with Crippen LogP contribution in [0.2, 0.25) is 0 Å². The Kier molecular flexibility index (Phi) is 8.39. The molecular formula is C27H38N2O. The zero-order valence-corrected chi connectivity index (χ0v) is 18.9. The van der Waals surface area contributed by atoms with Crippen LogP contribution in [-0.2, 0) is 0 Å². The first-order valence-electron chi connectivity index (χ1n) is 11.6. The molecule has 0 spiro atoms. The maximum atomic E-state index is 6.63. The second-order valence-corrected chi connectivity index (χ2v) is 8.55. The van der Waals surface area contributed by atoms with Crippen molar-refractivity contribution in [2.75, 3.05) is 12.4 Å². The lowest BCUT2D eigenvalue weighted by molar-refractivity contribution is 0.408. The summed E-state index contributed by atoms with van der Waals surface area (Å²) < 4.78 is 5.52. The van der Waals surface area contributed by atoms with E-state index in [1.807, 2.05) is 24.3 Å². The lowest BCUT2D eigenvalue weighted by Crippen LogP contribution is -2.15. The van der Waals surface area contributed by atoms with Gasteiger partial charge in [-0.3, -0.25) is 0 Å². The van der Waals surface area contributed by atoms with Crippen molar-refractivity contribution in [3.05, 3.63) is 70.9 Å². The topological polar surface area (TPSA) is 47.3 Å². The smallest absolute Gasteiger partial charge is 0.123 e. The van der Waals surface area contributed by atoms with Crippen molar-refractivity contribution < 1.29 is 4.74 Å². The van der Waals surface area contributed by atoms with Gasteiger partial charge in [-0.2, -0.15) is 0 Å². The molecule has 1 fully saturated rings. The number of ether oxygens (including phenoxy) is 1. The quantitative estimate of drug-likeness (QED) is 0.415. The van der Waals surface area contributed by atoms with Gasteiger partial charge in [0.1, 0.15) is 5.75 Å². The van der Waals surface area contributed by atoms with Gasteiger partial charge in [0.25, 0.3) is 0 Å². The lowest BCUT2D eigenvalue weighted by atomic mass is 9.85. The molecule has 3 heteroatoms. The van der Waals surface area contributed by atoms with E-state index in [0.29, 0.717) is 0 Å². The average Bonchev–Trinajstić information content (AvgIpc) is 2.72. The fraction of sp³-hybridized carbons (Fsp3) is 0.481. The molecule has 0 saturated heterocycles. The Morgan fingerprint density at radius 3 is 2.40 bits per heavy atom. The maximum absolute atomic E-state index is 6.63. The summed E-state index contributed by atoms with van der Waals surface area (Å²) in [5, 5.41) is 3.80. The van der Waals surface area contributed by atoms with Crippen LogP contribution in [0.4, 0.5) is 5.69 Å². The fourth-order valence-electron chi connectivity index (χ4n) is 4.48. The maximum Gasteiger partial charge on any atom is 0.123 e. The molecule has 1 unspecified atom stereocenters. The first kappa shape index (κ1) is 22.4. The van der Waals surface area contributed by atoms with Gasteiger partial charge < -0.3 is 15.8 Å². The molecule has 1 aliphatic carbocycles. The summed E-state index contributed by atoms with van der Waals surface area (Å²) in [5.41, 5.74) is 13.0.